The number of carbonyl (C=O) groups is 1. The SMILES string of the molecule is O=C(NCCc1ncc[nH]1)C1C2C3CCC(C3)C12. The zero-order chi connectivity index (χ0) is 12.1. The van der Waals surface area contributed by atoms with Gasteiger partial charge in [-0.1, -0.05) is 0 Å². The number of aromatic amines is 1. The van der Waals surface area contributed by atoms with E-state index < -0.39 is 0 Å². The normalized spacial score (nSPS) is 39.7. The van der Waals surface area contributed by atoms with Gasteiger partial charge in [-0.05, 0) is 42.9 Å². The second-order valence-electron chi connectivity index (χ2n) is 6.09. The van der Waals surface area contributed by atoms with Gasteiger partial charge in [0, 0.05) is 31.3 Å². The first-order chi connectivity index (χ1) is 8.84. The molecule has 4 atom stereocenters. The predicted molar refractivity (Wildman–Crippen MR) is 66.6 cm³/mol. The molecule has 0 saturated heterocycles. The van der Waals surface area contributed by atoms with Gasteiger partial charge >= 0.3 is 0 Å². The average molecular weight is 245 g/mol. The Morgan fingerprint density at radius 3 is 2.83 bits per heavy atom. The van der Waals surface area contributed by atoms with Gasteiger partial charge in [0.2, 0.25) is 5.91 Å². The van der Waals surface area contributed by atoms with Crippen LogP contribution in [-0.4, -0.2) is 22.4 Å². The summed E-state index contributed by atoms with van der Waals surface area (Å²) in [4.78, 5) is 19.3. The quantitative estimate of drug-likeness (QED) is 0.841. The Morgan fingerprint density at radius 1 is 1.39 bits per heavy atom. The van der Waals surface area contributed by atoms with Crippen LogP contribution in [-0.2, 0) is 11.2 Å². The van der Waals surface area contributed by atoms with E-state index >= 15 is 0 Å². The van der Waals surface area contributed by atoms with Crippen molar-refractivity contribution >= 4 is 5.91 Å². The van der Waals surface area contributed by atoms with Crippen LogP contribution in [0.1, 0.15) is 25.1 Å². The molecule has 0 aromatic carbocycles. The maximum absolute atomic E-state index is 12.1. The van der Waals surface area contributed by atoms with Crippen molar-refractivity contribution in [1.82, 2.24) is 15.3 Å². The summed E-state index contributed by atoms with van der Waals surface area (Å²) in [6.45, 7) is 0.706. The standard InChI is InChI=1S/C14H19N3O/c18-14(17-4-3-10-15-5-6-16-10)13-11-8-1-2-9(7-8)12(11)13/h5-6,8-9,11-13H,1-4,7H2,(H,15,16)(H,17,18). The smallest absolute Gasteiger partial charge is 0.223 e. The summed E-state index contributed by atoms with van der Waals surface area (Å²) < 4.78 is 0. The number of hydrogen-bond acceptors (Lipinski definition) is 2. The Hall–Kier alpha value is -1.32. The number of fused-ring (bicyclic) bond motifs is 5. The fourth-order valence-electron chi connectivity index (χ4n) is 4.53. The molecule has 0 aliphatic heterocycles. The molecule has 1 aromatic rings. The Balaban J connectivity index is 1.28. The zero-order valence-corrected chi connectivity index (χ0v) is 10.4. The molecule has 0 radical (unpaired) electrons. The first-order valence-electron chi connectivity index (χ1n) is 7.10. The molecular weight excluding hydrogens is 226 g/mol. The van der Waals surface area contributed by atoms with Crippen LogP contribution in [0.15, 0.2) is 12.4 Å². The second kappa shape index (κ2) is 3.84. The van der Waals surface area contributed by atoms with Crippen LogP contribution in [0.5, 0.6) is 0 Å². The summed E-state index contributed by atoms with van der Waals surface area (Å²) >= 11 is 0. The highest BCUT2D eigenvalue weighted by molar-refractivity contribution is 5.82. The number of H-pyrrole nitrogens is 1. The molecule has 1 amide bonds. The van der Waals surface area contributed by atoms with Crippen LogP contribution >= 0.6 is 0 Å². The summed E-state index contributed by atoms with van der Waals surface area (Å²) in [7, 11) is 0. The predicted octanol–water partition coefficient (Wildman–Crippen LogP) is 1.36. The highest BCUT2D eigenvalue weighted by atomic mass is 16.2. The zero-order valence-electron chi connectivity index (χ0n) is 10.4. The van der Waals surface area contributed by atoms with E-state index in [4.69, 9.17) is 0 Å². The van der Waals surface area contributed by atoms with E-state index in [9.17, 15) is 4.79 Å². The van der Waals surface area contributed by atoms with Crippen molar-refractivity contribution in [3.05, 3.63) is 18.2 Å². The van der Waals surface area contributed by atoms with Gasteiger partial charge < -0.3 is 10.3 Å². The number of rotatable bonds is 4. The molecule has 1 heterocycles. The third-order valence-corrected chi connectivity index (χ3v) is 5.25. The van der Waals surface area contributed by atoms with Crippen LogP contribution < -0.4 is 5.32 Å². The van der Waals surface area contributed by atoms with Gasteiger partial charge in [-0.25, -0.2) is 4.98 Å². The lowest BCUT2D eigenvalue weighted by Crippen LogP contribution is -2.29. The maximum atomic E-state index is 12.1. The lowest BCUT2D eigenvalue weighted by Gasteiger charge is -2.09. The summed E-state index contributed by atoms with van der Waals surface area (Å²) in [5.41, 5.74) is 0. The first kappa shape index (κ1) is 10.6. The summed E-state index contributed by atoms with van der Waals surface area (Å²) in [6.07, 6.45) is 8.53. The number of carbonyl (C=O) groups excluding carboxylic acids is 1. The minimum Gasteiger partial charge on any atom is -0.355 e. The van der Waals surface area contributed by atoms with Crippen molar-refractivity contribution in [2.24, 2.45) is 29.6 Å². The van der Waals surface area contributed by atoms with E-state index in [-0.39, 0.29) is 0 Å². The van der Waals surface area contributed by atoms with E-state index in [2.05, 4.69) is 15.3 Å². The summed E-state index contributed by atoms with van der Waals surface area (Å²) in [5, 5.41) is 3.08. The summed E-state index contributed by atoms with van der Waals surface area (Å²) in [5.74, 6) is 4.84. The molecule has 3 aliphatic rings. The van der Waals surface area contributed by atoms with Crippen molar-refractivity contribution in [1.29, 1.82) is 0 Å². The van der Waals surface area contributed by atoms with Gasteiger partial charge in [0.05, 0.1) is 0 Å². The van der Waals surface area contributed by atoms with Crippen LogP contribution in [0.4, 0.5) is 0 Å². The number of hydrogen-bond donors (Lipinski definition) is 2. The van der Waals surface area contributed by atoms with Gasteiger partial charge in [-0.15, -0.1) is 0 Å². The largest absolute Gasteiger partial charge is 0.355 e. The van der Waals surface area contributed by atoms with E-state index in [1.54, 1.807) is 6.20 Å². The van der Waals surface area contributed by atoms with Crippen LogP contribution in [0.25, 0.3) is 0 Å². The van der Waals surface area contributed by atoms with Crippen molar-refractivity contribution in [3.8, 4) is 0 Å². The number of imidazole rings is 1. The number of nitrogens with one attached hydrogen (secondary N) is 2. The third-order valence-electron chi connectivity index (χ3n) is 5.25. The van der Waals surface area contributed by atoms with E-state index in [1.807, 2.05) is 6.20 Å². The van der Waals surface area contributed by atoms with Crippen LogP contribution in [0.3, 0.4) is 0 Å². The molecule has 3 aliphatic carbocycles. The molecule has 2 bridgehead atoms. The number of nitrogens with zero attached hydrogens (tertiary/aromatic N) is 1. The Labute approximate surface area is 107 Å². The van der Waals surface area contributed by atoms with Crippen molar-refractivity contribution in [3.63, 3.8) is 0 Å². The first-order valence-corrected chi connectivity index (χ1v) is 7.10. The van der Waals surface area contributed by atoms with Gasteiger partial charge in [0.1, 0.15) is 5.82 Å². The van der Waals surface area contributed by atoms with Crippen molar-refractivity contribution in [2.75, 3.05) is 6.54 Å². The van der Waals surface area contributed by atoms with Crippen molar-refractivity contribution < 1.29 is 4.79 Å². The molecule has 3 saturated carbocycles. The Morgan fingerprint density at radius 2 is 2.17 bits per heavy atom. The van der Waals surface area contributed by atoms with Crippen LogP contribution in [0, 0.1) is 29.6 Å². The van der Waals surface area contributed by atoms with Crippen LogP contribution in [0.2, 0.25) is 0 Å². The minimum atomic E-state index is 0.299. The van der Waals surface area contributed by atoms with Crippen molar-refractivity contribution in [2.45, 2.75) is 25.7 Å². The second-order valence-corrected chi connectivity index (χ2v) is 6.09. The van der Waals surface area contributed by atoms with Gasteiger partial charge in [-0.3, -0.25) is 4.79 Å². The molecule has 4 nitrogen and oxygen atoms in total. The van der Waals surface area contributed by atoms with E-state index in [0.717, 1.165) is 35.9 Å². The highest BCUT2D eigenvalue weighted by Crippen LogP contribution is 2.69. The molecule has 3 fully saturated rings. The van der Waals surface area contributed by atoms with Gasteiger partial charge in [0.15, 0.2) is 0 Å². The molecule has 1 aromatic heterocycles. The molecule has 2 N–H and O–H groups in total. The maximum Gasteiger partial charge on any atom is 0.223 e. The monoisotopic (exact) mass is 245 g/mol. The molecule has 18 heavy (non-hydrogen) atoms. The fraction of sp³-hybridized carbons (Fsp3) is 0.714. The fourth-order valence-corrected chi connectivity index (χ4v) is 4.53. The molecule has 4 unspecified atom stereocenters. The highest BCUT2D eigenvalue weighted by Gasteiger charge is 2.67. The third kappa shape index (κ3) is 1.51. The van der Waals surface area contributed by atoms with Gasteiger partial charge in [-0.2, -0.15) is 0 Å². The average Bonchev–Trinajstić information content (AvgIpc) is 2.80. The molecule has 0 spiro atoms. The molecule has 96 valence electrons. The minimum absolute atomic E-state index is 0.299. The number of aromatic nitrogens is 2. The lowest BCUT2D eigenvalue weighted by molar-refractivity contribution is -0.123. The molecule has 4 heteroatoms. The summed E-state index contributed by atoms with van der Waals surface area (Å²) in [6, 6.07) is 0. The van der Waals surface area contributed by atoms with Gasteiger partial charge in [0.25, 0.3) is 0 Å². The Kier molecular flexibility index (Phi) is 2.26. The topological polar surface area (TPSA) is 57.8 Å². The lowest BCUT2D eigenvalue weighted by atomic mass is 10.0. The number of amides is 1. The molecular formula is C14H19N3O. The Bertz CT molecular complexity index is 440. The molecule has 4 rings (SSSR count). The van der Waals surface area contributed by atoms with E-state index in [1.165, 1.54) is 19.3 Å². The van der Waals surface area contributed by atoms with E-state index in [0.29, 0.717) is 18.4 Å².